The molecule has 0 atom stereocenters. The number of para-hydroxylation sites is 1. The van der Waals surface area contributed by atoms with E-state index < -0.39 is 0 Å². The first-order valence-corrected chi connectivity index (χ1v) is 7.79. The minimum absolute atomic E-state index is 0.0278. The second-order valence-electron chi connectivity index (χ2n) is 5.17. The minimum Gasteiger partial charge on any atom is -0.457 e. The summed E-state index contributed by atoms with van der Waals surface area (Å²) < 4.78 is 5.65. The number of furan rings is 1. The molecule has 0 radical (unpaired) electrons. The van der Waals surface area contributed by atoms with Gasteiger partial charge in [0.2, 0.25) is 0 Å². The Kier molecular flexibility index (Phi) is 4.01. The number of nitrogens with zero attached hydrogens (tertiary/aromatic N) is 2. The van der Waals surface area contributed by atoms with Crippen LogP contribution in [-0.2, 0) is 0 Å². The second kappa shape index (κ2) is 5.93. The third-order valence-corrected chi connectivity index (χ3v) is 4.49. The number of aryl methyl sites for hydroxylation is 1. The van der Waals surface area contributed by atoms with Gasteiger partial charge in [-0.3, -0.25) is 4.79 Å². The van der Waals surface area contributed by atoms with Gasteiger partial charge in [-0.1, -0.05) is 18.2 Å². The molecule has 5 heteroatoms. The largest absolute Gasteiger partial charge is 0.457 e. The van der Waals surface area contributed by atoms with Crippen LogP contribution in [0.15, 0.2) is 45.7 Å². The number of hydrogen-bond acceptors (Lipinski definition) is 3. The van der Waals surface area contributed by atoms with Crippen molar-refractivity contribution in [3.8, 4) is 0 Å². The molecule has 1 aromatic carbocycles. The van der Waals surface area contributed by atoms with Crippen LogP contribution in [0.25, 0.3) is 0 Å². The van der Waals surface area contributed by atoms with Crippen LogP contribution in [-0.4, -0.2) is 37.0 Å². The van der Waals surface area contributed by atoms with Crippen molar-refractivity contribution in [3.05, 3.63) is 52.4 Å². The first kappa shape index (κ1) is 14.2. The normalized spacial score (nSPS) is 15.3. The molecule has 3 rings (SSSR count). The van der Waals surface area contributed by atoms with E-state index in [0.29, 0.717) is 10.2 Å². The number of carbonyl (C=O) groups excluding carboxylic acids is 1. The molecule has 1 aliphatic rings. The van der Waals surface area contributed by atoms with E-state index in [2.05, 4.69) is 52.0 Å². The van der Waals surface area contributed by atoms with Crippen LogP contribution in [0.5, 0.6) is 0 Å². The topological polar surface area (TPSA) is 36.7 Å². The van der Waals surface area contributed by atoms with Crippen molar-refractivity contribution in [2.24, 2.45) is 0 Å². The van der Waals surface area contributed by atoms with E-state index >= 15 is 0 Å². The van der Waals surface area contributed by atoms with Crippen LogP contribution in [0.2, 0.25) is 0 Å². The average Bonchev–Trinajstić information content (AvgIpc) is 2.93. The monoisotopic (exact) mass is 348 g/mol. The van der Waals surface area contributed by atoms with Gasteiger partial charge >= 0.3 is 0 Å². The fourth-order valence-electron chi connectivity index (χ4n) is 2.69. The van der Waals surface area contributed by atoms with Crippen LogP contribution in [0.3, 0.4) is 0 Å². The zero-order chi connectivity index (χ0) is 14.8. The number of anilines is 1. The Morgan fingerprint density at radius 3 is 2.48 bits per heavy atom. The van der Waals surface area contributed by atoms with Crippen LogP contribution >= 0.6 is 15.9 Å². The third kappa shape index (κ3) is 2.83. The van der Waals surface area contributed by atoms with Crippen molar-refractivity contribution >= 4 is 27.5 Å². The summed E-state index contributed by atoms with van der Waals surface area (Å²) in [6.07, 6.45) is 1.53. The summed E-state index contributed by atoms with van der Waals surface area (Å²) in [5.41, 5.74) is 3.13. The van der Waals surface area contributed by atoms with Crippen LogP contribution in [0.4, 0.5) is 5.69 Å². The maximum atomic E-state index is 12.4. The number of benzene rings is 1. The van der Waals surface area contributed by atoms with Crippen molar-refractivity contribution in [3.63, 3.8) is 0 Å². The standard InChI is InChI=1S/C16H17BrN2O2/c1-12-4-2-3-5-14(12)18-7-9-19(10-8-18)16(20)13-6-11-21-15(13)17/h2-6,11H,7-10H2,1H3. The van der Waals surface area contributed by atoms with Crippen LogP contribution < -0.4 is 4.90 Å². The molecule has 1 aliphatic heterocycles. The van der Waals surface area contributed by atoms with E-state index in [1.165, 1.54) is 17.5 Å². The lowest BCUT2D eigenvalue weighted by Crippen LogP contribution is -2.49. The zero-order valence-corrected chi connectivity index (χ0v) is 13.5. The molecular weight excluding hydrogens is 332 g/mol. The van der Waals surface area contributed by atoms with Gasteiger partial charge in [-0.2, -0.15) is 0 Å². The van der Waals surface area contributed by atoms with Gasteiger partial charge in [-0.15, -0.1) is 0 Å². The van der Waals surface area contributed by atoms with E-state index in [0.717, 1.165) is 26.2 Å². The predicted molar refractivity (Wildman–Crippen MR) is 85.7 cm³/mol. The minimum atomic E-state index is 0.0278. The van der Waals surface area contributed by atoms with Gasteiger partial charge < -0.3 is 14.2 Å². The molecule has 1 aromatic heterocycles. The molecular formula is C16H17BrN2O2. The average molecular weight is 349 g/mol. The van der Waals surface area contributed by atoms with E-state index in [1.54, 1.807) is 6.07 Å². The maximum Gasteiger partial charge on any atom is 0.258 e. The Labute approximate surface area is 132 Å². The molecule has 0 saturated carbocycles. The molecule has 0 spiro atoms. The molecule has 2 aromatic rings. The van der Waals surface area contributed by atoms with Crippen molar-refractivity contribution in [1.29, 1.82) is 0 Å². The summed E-state index contributed by atoms with van der Waals surface area (Å²) in [7, 11) is 0. The molecule has 0 bridgehead atoms. The summed E-state index contributed by atoms with van der Waals surface area (Å²) in [6.45, 7) is 5.28. The smallest absolute Gasteiger partial charge is 0.258 e. The van der Waals surface area contributed by atoms with Gasteiger partial charge in [-0.25, -0.2) is 0 Å². The highest BCUT2D eigenvalue weighted by molar-refractivity contribution is 9.10. The van der Waals surface area contributed by atoms with Gasteiger partial charge in [-0.05, 0) is 40.5 Å². The van der Waals surface area contributed by atoms with Gasteiger partial charge in [0.05, 0.1) is 11.8 Å². The maximum absolute atomic E-state index is 12.4. The first-order chi connectivity index (χ1) is 10.2. The van der Waals surface area contributed by atoms with Crippen LogP contribution in [0, 0.1) is 6.92 Å². The summed E-state index contributed by atoms with van der Waals surface area (Å²) in [5, 5.41) is 0. The lowest BCUT2D eigenvalue weighted by Gasteiger charge is -2.36. The molecule has 0 N–H and O–H groups in total. The number of carbonyl (C=O) groups is 1. The number of halogens is 1. The van der Waals surface area contributed by atoms with E-state index in [-0.39, 0.29) is 5.91 Å². The lowest BCUT2D eigenvalue weighted by molar-refractivity contribution is 0.0745. The Morgan fingerprint density at radius 1 is 1.14 bits per heavy atom. The summed E-state index contributed by atoms with van der Waals surface area (Å²) in [6, 6.07) is 10.1. The van der Waals surface area contributed by atoms with Gasteiger partial charge in [0.15, 0.2) is 4.67 Å². The molecule has 4 nitrogen and oxygen atoms in total. The highest BCUT2D eigenvalue weighted by Gasteiger charge is 2.25. The highest BCUT2D eigenvalue weighted by atomic mass is 79.9. The highest BCUT2D eigenvalue weighted by Crippen LogP contribution is 2.23. The molecule has 110 valence electrons. The molecule has 1 amide bonds. The van der Waals surface area contributed by atoms with Crippen molar-refractivity contribution < 1.29 is 9.21 Å². The number of hydrogen-bond donors (Lipinski definition) is 0. The number of amides is 1. The summed E-state index contributed by atoms with van der Waals surface area (Å²) in [5.74, 6) is 0.0278. The second-order valence-corrected chi connectivity index (χ2v) is 5.89. The van der Waals surface area contributed by atoms with Crippen molar-refractivity contribution in [2.75, 3.05) is 31.1 Å². The number of rotatable bonds is 2. The quantitative estimate of drug-likeness (QED) is 0.835. The Balaban J connectivity index is 1.67. The third-order valence-electron chi connectivity index (χ3n) is 3.87. The fraction of sp³-hybridized carbons (Fsp3) is 0.312. The molecule has 1 saturated heterocycles. The Bertz CT molecular complexity index is 645. The van der Waals surface area contributed by atoms with Gasteiger partial charge in [0.1, 0.15) is 0 Å². The molecule has 21 heavy (non-hydrogen) atoms. The fourth-order valence-corrected chi connectivity index (χ4v) is 3.09. The zero-order valence-electron chi connectivity index (χ0n) is 11.9. The summed E-state index contributed by atoms with van der Waals surface area (Å²) >= 11 is 3.27. The molecule has 0 aliphatic carbocycles. The SMILES string of the molecule is Cc1ccccc1N1CCN(C(=O)c2ccoc2Br)CC1. The van der Waals surface area contributed by atoms with Crippen LogP contribution in [0.1, 0.15) is 15.9 Å². The van der Waals surface area contributed by atoms with Crippen molar-refractivity contribution in [1.82, 2.24) is 4.90 Å². The van der Waals surface area contributed by atoms with E-state index in [4.69, 9.17) is 4.42 Å². The Hall–Kier alpha value is -1.75. The van der Waals surface area contributed by atoms with E-state index in [1.807, 2.05) is 4.90 Å². The molecule has 0 unspecified atom stereocenters. The number of piperazine rings is 1. The molecule has 1 fully saturated rings. The van der Waals surface area contributed by atoms with Crippen molar-refractivity contribution in [2.45, 2.75) is 6.92 Å². The van der Waals surface area contributed by atoms with E-state index in [9.17, 15) is 4.79 Å². The van der Waals surface area contributed by atoms with Gasteiger partial charge in [0, 0.05) is 31.9 Å². The predicted octanol–water partition coefficient (Wildman–Crippen LogP) is 3.31. The molecule has 2 heterocycles. The Morgan fingerprint density at radius 2 is 1.86 bits per heavy atom. The van der Waals surface area contributed by atoms with Gasteiger partial charge in [0.25, 0.3) is 5.91 Å². The lowest BCUT2D eigenvalue weighted by atomic mass is 10.1. The first-order valence-electron chi connectivity index (χ1n) is 6.99. The summed E-state index contributed by atoms with van der Waals surface area (Å²) in [4.78, 5) is 16.6.